The number of carbonyl (C=O) groups excluding carboxylic acids is 1. The van der Waals surface area contributed by atoms with Gasteiger partial charge in [0.15, 0.2) is 5.78 Å². The number of ketones is 1. The molecule has 0 unspecified atom stereocenters. The molecular weight excluding hydrogens is 340 g/mol. The standard InChI is InChI=1S/C27H40O/c1-18(2)7-6-8-19(3)23-11-12-24-22-10-9-20-17-21(28)13-15-26(20,4)25(22)14-16-27(23,24)5/h9-10,13,15,17-19,22-25H,6-8,11-12,14,16H2,1-5H3/t19-,22+,23-,24+,25+,26+,27-/m1/s1. The lowest BCUT2D eigenvalue weighted by atomic mass is 9.49. The lowest BCUT2D eigenvalue weighted by molar-refractivity contribution is -0.110. The SMILES string of the molecule is CC(C)CCC[C@@H](C)[C@H]1CC[C@H]2[C@@H]3C=CC4=CC(=O)C=C[C@]4(C)[C@H]3CC[C@]12C. The van der Waals surface area contributed by atoms with Crippen LogP contribution in [0.15, 0.2) is 36.0 Å². The second-order valence-corrected chi connectivity index (χ2v) is 11.3. The number of hydrogen-bond donors (Lipinski definition) is 0. The maximum absolute atomic E-state index is 11.9. The molecule has 4 aliphatic rings. The third kappa shape index (κ3) is 3.17. The van der Waals surface area contributed by atoms with Crippen molar-refractivity contribution in [3.63, 3.8) is 0 Å². The Kier molecular flexibility index (Phi) is 5.26. The van der Waals surface area contributed by atoms with Gasteiger partial charge in [0.2, 0.25) is 0 Å². The van der Waals surface area contributed by atoms with Crippen LogP contribution >= 0.6 is 0 Å². The van der Waals surface area contributed by atoms with Crippen LogP contribution in [0.1, 0.15) is 79.6 Å². The first-order chi connectivity index (χ1) is 13.3. The van der Waals surface area contributed by atoms with Crippen LogP contribution in [0.2, 0.25) is 0 Å². The first-order valence-electron chi connectivity index (χ1n) is 11.9. The minimum atomic E-state index is 0.0651. The molecule has 4 aliphatic carbocycles. The Morgan fingerprint density at radius 3 is 2.57 bits per heavy atom. The van der Waals surface area contributed by atoms with Crippen molar-refractivity contribution in [3.8, 4) is 0 Å². The predicted octanol–water partition coefficient (Wildman–Crippen LogP) is 7.15. The maximum Gasteiger partial charge on any atom is 0.178 e. The monoisotopic (exact) mass is 380 g/mol. The molecule has 0 heterocycles. The minimum Gasteiger partial charge on any atom is -0.290 e. The van der Waals surface area contributed by atoms with Crippen LogP contribution in [0.3, 0.4) is 0 Å². The van der Waals surface area contributed by atoms with Crippen molar-refractivity contribution in [2.45, 2.75) is 79.6 Å². The lowest BCUT2D eigenvalue weighted by Gasteiger charge is -2.55. The third-order valence-electron chi connectivity index (χ3n) is 9.32. The minimum absolute atomic E-state index is 0.0651. The van der Waals surface area contributed by atoms with E-state index >= 15 is 0 Å². The molecule has 7 atom stereocenters. The van der Waals surface area contributed by atoms with E-state index in [1.807, 2.05) is 12.2 Å². The van der Waals surface area contributed by atoms with E-state index in [4.69, 9.17) is 0 Å². The Morgan fingerprint density at radius 1 is 1.04 bits per heavy atom. The smallest absolute Gasteiger partial charge is 0.178 e. The molecule has 2 saturated carbocycles. The van der Waals surface area contributed by atoms with Gasteiger partial charge in [-0.25, -0.2) is 0 Å². The normalized spacial score (nSPS) is 42.8. The molecule has 28 heavy (non-hydrogen) atoms. The van der Waals surface area contributed by atoms with Crippen molar-refractivity contribution in [1.82, 2.24) is 0 Å². The van der Waals surface area contributed by atoms with E-state index in [9.17, 15) is 4.79 Å². The zero-order chi connectivity index (χ0) is 20.1. The molecule has 4 rings (SSSR count). The van der Waals surface area contributed by atoms with E-state index in [-0.39, 0.29) is 11.2 Å². The topological polar surface area (TPSA) is 17.1 Å². The zero-order valence-electron chi connectivity index (χ0n) is 18.7. The number of fused-ring (bicyclic) bond motifs is 5. The second-order valence-electron chi connectivity index (χ2n) is 11.3. The van der Waals surface area contributed by atoms with E-state index < -0.39 is 0 Å². The van der Waals surface area contributed by atoms with Crippen molar-refractivity contribution in [2.24, 2.45) is 46.3 Å². The molecule has 0 saturated heterocycles. The Balaban J connectivity index is 1.54. The average Bonchev–Trinajstić information content (AvgIpc) is 2.99. The predicted molar refractivity (Wildman–Crippen MR) is 118 cm³/mol. The summed E-state index contributed by atoms with van der Waals surface area (Å²) in [5, 5.41) is 0. The van der Waals surface area contributed by atoms with Crippen molar-refractivity contribution in [1.29, 1.82) is 0 Å². The summed E-state index contributed by atoms with van der Waals surface area (Å²) in [6.07, 6.45) is 20.4. The van der Waals surface area contributed by atoms with Gasteiger partial charge in [-0.3, -0.25) is 4.79 Å². The summed E-state index contributed by atoms with van der Waals surface area (Å²) < 4.78 is 0. The van der Waals surface area contributed by atoms with Gasteiger partial charge < -0.3 is 0 Å². The largest absolute Gasteiger partial charge is 0.290 e. The van der Waals surface area contributed by atoms with Gasteiger partial charge in [-0.05, 0) is 84.3 Å². The van der Waals surface area contributed by atoms with E-state index in [1.165, 1.54) is 50.5 Å². The quantitative estimate of drug-likeness (QED) is 0.495. The van der Waals surface area contributed by atoms with E-state index in [1.54, 1.807) is 0 Å². The fraction of sp³-hybridized carbons (Fsp3) is 0.741. The highest BCUT2D eigenvalue weighted by Crippen LogP contribution is 2.65. The number of hydrogen-bond acceptors (Lipinski definition) is 1. The van der Waals surface area contributed by atoms with Gasteiger partial charge in [0, 0.05) is 5.41 Å². The summed E-state index contributed by atoms with van der Waals surface area (Å²) in [5.74, 6) is 4.92. The third-order valence-corrected chi connectivity index (χ3v) is 9.32. The van der Waals surface area contributed by atoms with Crippen LogP contribution in [0.4, 0.5) is 0 Å². The van der Waals surface area contributed by atoms with Crippen LogP contribution in [0, 0.1) is 46.3 Å². The second kappa shape index (κ2) is 7.29. The fourth-order valence-corrected chi connectivity index (χ4v) is 7.68. The van der Waals surface area contributed by atoms with Crippen molar-refractivity contribution >= 4 is 5.78 Å². The van der Waals surface area contributed by atoms with Gasteiger partial charge >= 0.3 is 0 Å². The molecule has 0 radical (unpaired) electrons. The molecule has 0 N–H and O–H groups in total. The van der Waals surface area contributed by atoms with Crippen molar-refractivity contribution in [3.05, 3.63) is 36.0 Å². The van der Waals surface area contributed by atoms with Crippen molar-refractivity contribution in [2.75, 3.05) is 0 Å². The van der Waals surface area contributed by atoms with Gasteiger partial charge in [0.1, 0.15) is 0 Å². The summed E-state index contributed by atoms with van der Waals surface area (Å²) in [6.45, 7) is 12.3. The van der Waals surface area contributed by atoms with Gasteiger partial charge in [-0.2, -0.15) is 0 Å². The summed E-state index contributed by atoms with van der Waals surface area (Å²) >= 11 is 0. The van der Waals surface area contributed by atoms with Gasteiger partial charge in [0.25, 0.3) is 0 Å². The van der Waals surface area contributed by atoms with Crippen molar-refractivity contribution < 1.29 is 4.79 Å². The lowest BCUT2D eigenvalue weighted by Crippen LogP contribution is -2.48. The van der Waals surface area contributed by atoms with Gasteiger partial charge in [-0.1, -0.05) is 72.1 Å². The molecule has 154 valence electrons. The van der Waals surface area contributed by atoms with E-state index in [0.717, 1.165) is 23.7 Å². The molecule has 1 nitrogen and oxygen atoms in total. The summed E-state index contributed by atoms with van der Waals surface area (Å²) in [5.41, 5.74) is 1.82. The van der Waals surface area contributed by atoms with Gasteiger partial charge in [-0.15, -0.1) is 0 Å². The van der Waals surface area contributed by atoms with Gasteiger partial charge in [0.05, 0.1) is 0 Å². The first kappa shape index (κ1) is 20.2. The number of rotatable bonds is 5. The van der Waals surface area contributed by atoms with E-state index in [2.05, 4.69) is 52.8 Å². The van der Waals surface area contributed by atoms with Crippen LogP contribution in [0.5, 0.6) is 0 Å². The molecule has 0 spiro atoms. The Bertz CT molecular complexity index is 710. The zero-order valence-corrected chi connectivity index (χ0v) is 18.7. The van der Waals surface area contributed by atoms with Crippen LogP contribution in [0.25, 0.3) is 0 Å². The Morgan fingerprint density at radius 2 is 1.82 bits per heavy atom. The molecule has 0 aromatic rings. The average molecular weight is 381 g/mol. The first-order valence-corrected chi connectivity index (χ1v) is 11.9. The van der Waals surface area contributed by atoms with Crippen LogP contribution in [-0.4, -0.2) is 5.78 Å². The highest BCUT2D eigenvalue weighted by molar-refractivity contribution is 6.01. The Labute approximate surface area is 172 Å². The fourth-order valence-electron chi connectivity index (χ4n) is 7.68. The number of carbonyl (C=O) groups is 1. The Hall–Kier alpha value is -1.11. The molecule has 0 aromatic heterocycles. The summed E-state index contributed by atoms with van der Waals surface area (Å²) in [7, 11) is 0. The summed E-state index contributed by atoms with van der Waals surface area (Å²) in [6, 6.07) is 0. The molecule has 0 aliphatic heterocycles. The van der Waals surface area contributed by atoms with Crippen LogP contribution in [-0.2, 0) is 4.79 Å². The highest BCUT2D eigenvalue weighted by Gasteiger charge is 2.57. The molecule has 2 fully saturated rings. The molecule has 1 heteroatoms. The maximum atomic E-state index is 11.9. The molecule has 0 aromatic carbocycles. The van der Waals surface area contributed by atoms with E-state index in [0.29, 0.717) is 17.3 Å². The van der Waals surface area contributed by atoms with Crippen LogP contribution < -0.4 is 0 Å². The molecule has 0 bridgehead atoms. The highest BCUT2D eigenvalue weighted by atomic mass is 16.1. The number of allylic oxidation sites excluding steroid dienone is 6. The molecule has 0 amide bonds. The summed E-state index contributed by atoms with van der Waals surface area (Å²) in [4.78, 5) is 11.9. The molecular formula is C27H40O.